The first-order valence-electron chi connectivity index (χ1n) is 11.7. The molecule has 210 valence electrons. The molecule has 2 N–H and O–H groups in total. The summed E-state index contributed by atoms with van der Waals surface area (Å²) < 4.78 is 85.9. The van der Waals surface area contributed by atoms with Crippen molar-refractivity contribution < 1.29 is 40.7 Å². The lowest BCUT2D eigenvalue weighted by Crippen LogP contribution is -2.31. The smallest absolute Gasteiger partial charge is 0.416 e. The van der Waals surface area contributed by atoms with Gasteiger partial charge in [-0.3, -0.25) is 9.48 Å². The zero-order valence-corrected chi connectivity index (χ0v) is 21.1. The van der Waals surface area contributed by atoms with Crippen LogP contribution in [0.15, 0.2) is 52.5 Å². The number of nitrogens with two attached hydrogens (primary N) is 1. The molecule has 1 fully saturated rings. The van der Waals surface area contributed by atoms with Gasteiger partial charge in [0, 0.05) is 24.5 Å². The number of halogens is 6. The molecule has 3 aromatic rings. The zero-order chi connectivity index (χ0) is 28.8. The Morgan fingerprint density at radius 1 is 1.12 bits per heavy atom. The summed E-state index contributed by atoms with van der Waals surface area (Å²) in [6, 6.07) is 6.58. The number of nitrogens with zero attached hydrogens (tertiary/aromatic N) is 4. The summed E-state index contributed by atoms with van der Waals surface area (Å²) in [6.07, 6.45) is -7.47. The maximum atomic E-state index is 13.5. The maximum Gasteiger partial charge on any atom is 0.416 e. The number of hydrogen-bond donors (Lipinski definition) is 1. The number of rotatable bonds is 4. The van der Waals surface area contributed by atoms with E-state index in [1.807, 2.05) is 4.90 Å². The number of thioether (sulfide) groups is 1. The van der Waals surface area contributed by atoms with Gasteiger partial charge in [0.1, 0.15) is 11.9 Å². The minimum absolute atomic E-state index is 0.102. The first-order valence-corrected chi connectivity index (χ1v) is 12.6. The summed E-state index contributed by atoms with van der Waals surface area (Å²) in [5.74, 6) is 0.434. The number of ether oxygens (including phenoxy) is 1. The highest BCUT2D eigenvalue weighted by Gasteiger charge is 2.38. The van der Waals surface area contributed by atoms with Crippen LogP contribution in [0.25, 0.3) is 17.0 Å². The molecule has 1 atom stereocenters. The topological polar surface area (TPSA) is 103 Å². The van der Waals surface area contributed by atoms with E-state index in [0.717, 1.165) is 17.8 Å². The number of likely N-dealkylation sites (tertiary alicyclic amines) is 1. The lowest BCUT2D eigenvalue weighted by atomic mass is 10.0. The van der Waals surface area contributed by atoms with Crippen LogP contribution in [0.3, 0.4) is 0 Å². The number of carbonyl (C=O) groups excluding carboxylic acids is 2. The van der Waals surface area contributed by atoms with Crippen LogP contribution in [-0.2, 0) is 23.6 Å². The van der Waals surface area contributed by atoms with Crippen LogP contribution in [0.4, 0.5) is 35.9 Å². The van der Waals surface area contributed by atoms with Crippen molar-refractivity contribution >= 4 is 45.9 Å². The molecule has 0 aliphatic carbocycles. The van der Waals surface area contributed by atoms with Gasteiger partial charge < -0.3 is 15.4 Å². The molecule has 2 amide bonds. The van der Waals surface area contributed by atoms with E-state index in [0.29, 0.717) is 52.8 Å². The van der Waals surface area contributed by atoms with Crippen LogP contribution < -0.4 is 5.73 Å². The van der Waals surface area contributed by atoms with E-state index >= 15 is 0 Å². The van der Waals surface area contributed by atoms with E-state index in [1.54, 1.807) is 24.3 Å². The van der Waals surface area contributed by atoms with Crippen molar-refractivity contribution in [1.29, 1.82) is 0 Å². The Morgan fingerprint density at radius 2 is 1.90 bits per heavy atom. The Morgan fingerprint density at radius 3 is 2.60 bits per heavy atom. The molecule has 5 rings (SSSR count). The maximum absolute atomic E-state index is 13.5. The first kappa shape index (κ1) is 27.6. The predicted octanol–water partition coefficient (Wildman–Crippen LogP) is 5.90. The number of amidine groups is 1. The van der Waals surface area contributed by atoms with Gasteiger partial charge in [-0.2, -0.15) is 36.4 Å². The molecule has 2 aliphatic heterocycles. The summed E-state index contributed by atoms with van der Waals surface area (Å²) in [7, 11) is 0. The number of amides is 2. The zero-order valence-electron chi connectivity index (χ0n) is 20.3. The number of carbonyl (C=O) groups is 2. The monoisotopic (exact) mass is 583 g/mol. The molecule has 3 heterocycles. The van der Waals surface area contributed by atoms with Crippen LogP contribution in [-0.4, -0.2) is 51.0 Å². The van der Waals surface area contributed by atoms with Crippen LogP contribution >= 0.6 is 11.8 Å². The molecule has 0 saturated carbocycles. The second kappa shape index (κ2) is 10.2. The summed E-state index contributed by atoms with van der Waals surface area (Å²) in [5.41, 5.74) is 3.07. The molecule has 1 saturated heterocycles. The van der Waals surface area contributed by atoms with Crippen LogP contribution in [0.2, 0.25) is 0 Å². The van der Waals surface area contributed by atoms with Crippen LogP contribution in [0.1, 0.15) is 28.7 Å². The fourth-order valence-electron chi connectivity index (χ4n) is 4.55. The fourth-order valence-corrected chi connectivity index (χ4v) is 5.33. The van der Waals surface area contributed by atoms with Gasteiger partial charge in [0.2, 0.25) is 0 Å². The summed E-state index contributed by atoms with van der Waals surface area (Å²) in [5, 5.41) is 4.42. The van der Waals surface area contributed by atoms with E-state index in [9.17, 15) is 35.9 Å². The molecule has 8 nitrogen and oxygen atoms in total. The Balaban J connectivity index is 1.39. The van der Waals surface area contributed by atoms with Gasteiger partial charge in [0.05, 0.1) is 34.6 Å². The quantitative estimate of drug-likeness (QED) is 0.384. The van der Waals surface area contributed by atoms with Crippen molar-refractivity contribution in [3.8, 4) is 0 Å². The van der Waals surface area contributed by atoms with Crippen molar-refractivity contribution in [2.24, 2.45) is 10.7 Å². The van der Waals surface area contributed by atoms with Gasteiger partial charge in [0.15, 0.2) is 0 Å². The Hall–Kier alpha value is -4.01. The number of fused-ring (bicyclic) bond motifs is 1. The van der Waals surface area contributed by atoms with Gasteiger partial charge in [-0.1, -0.05) is 12.1 Å². The van der Waals surface area contributed by atoms with Crippen molar-refractivity contribution in [1.82, 2.24) is 14.7 Å². The fraction of sp³-hybridized carbons (Fsp3) is 0.280. The summed E-state index contributed by atoms with van der Waals surface area (Å²) >= 11 is 0.926. The molecule has 1 aromatic heterocycles. The average molecular weight is 584 g/mol. The largest absolute Gasteiger partial charge is 0.444 e. The minimum atomic E-state index is -4.99. The van der Waals surface area contributed by atoms with Gasteiger partial charge in [-0.25, -0.2) is 4.79 Å². The van der Waals surface area contributed by atoms with Crippen molar-refractivity contribution in [2.75, 3.05) is 13.1 Å². The lowest BCUT2D eigenvalue weighted by Gasteiger charge is -2.18. The van der Waals surface area contributed by atoms with Gasteiger partial charge >= 0.3 is 23.7 Å². The highest BCUT2D eigenvalue weighted by Crippen LogP contribution is 2.38. The average Bonchev–Trinajstić information content (AvgIpc) is 3.55. The molecule has 2 aromatic carbocycles. The second-order valence-corrected chi connectivity index (χ2v) is 10.1. The Bertz CT molecular complexity index is 1560. The van der Waals surface area contributed by atoms with E-state index in [2.05, 4.69) is 10.1 Å². The van der Waals surface area contributed by atoms with E-state index in [1.165, 1.54) is 10.9 Å². The van der Waals surface area contributed by atoms with E-state index in [4.69, 9.17) is 10.5 Å². The van der Waals surface area contributed by atoms with Crippen molar-refractivity contribution in [3.63, 3.8) is 0 Å². The minimum Gasteiger partial charge on any atom is -0.444 e. The molecular weight excluding hydrogens is 564 g/mol. The van der Waals surface area contributed by atoms with Crippen molar-refractivity contribution in [2.45, 2.75) is 31.4 Å². The number of benzene rings is 2. The molecule has 0 unspecified atom stereocenters. The molecule has 2 aliphatic rings. The third-order valence-corrected chi connectivity index (χ3v) is 7.08. The normalized spacial score (nSPS) is 19.1. The number of aliphatic imine (C=N–C) groups is 1. The predicted molar refractivity (Wildman–Crippen MR) is 134 cm³/mol. The Labute approximate surface area is 226 Å². The molecule has 0 bridgehead atoms. The van der Waals surface area contributed by atoms with E-state index in [-0.39, 0.29) is 11.6 Å². The highest BCUT2D eigenvalue weighted by atomic mass is 32.2. The summed E-state index contributed by atoms with van der Waals surface area (Å²) in [6.45, 7) is 0.420. The number of aromatic nitrogens is 2. The Kier molecular flexibility index (Phi) is 7.02. The molecule has 0 spiro atoms. The number of primary amides is 1. The third-order valence-electron chi connectivity index (χ3n) is 6.29. The number of alkyl halides is 6. The first-order chi connectivity index (χ1) is 18.8. The standard InChI is InChI=1S/C25H19F6N5O3S/c26-24(27,28)16-3-2-14(18(9-16)25(29,30)31)10-36-11-15-7-13(1-4-19(15)34-36)8-20-21(33-23(38)40-20)35-6-5-17(12-35)39-22(32)37/h1-4,7-9,11,17H,5-6,10,12H2,(H2,32,37)/b20-8-/t17-/m1/s1. The molecule has 40 heavy (non-hydrogen) atoms. The molecular formula is C25H19F6N5O3S. The van der Waals surface area contributed by atoms with Gasteiger partial charge in [-0.05, 0) is 53.2 Å². The number of hydrogen-bond acceptors (Lipinski definition) is 6. The highest BCUT2D eigenvalue weighted by molar-refractivity contribution is 8.18. The van der Waals surface area contributed by atoms with Gasteiger partial charge in [-0.15, -0.1) is 0 Å². The third kappa shape index (κ3) is 5.93. The van der Waals surface area contributed by atoms with Crippen molar-refractivity contribution in [3.05, 3.63) is 69.8 Å². The SMILES string of the molecule is NC(=O)O[C@@H]1CCN(C2=NC(=O)S/C2=C\c2ccc3nn(Cc4ccc(C(F)(F)F)cc4C(F)(F)F)cc3c2)C1. The van der Waals surface area contributed by atoms with Crippen LogP contribution in [0.5, 0.6) is 0 Å². The summed E-state index contributed by atoms with van der Waals surface area (Å²) in [4.78, 5) is 29.6. The molecule has 0 radical (unpaired) electrons. The van der Waals surface area contributed by atoms with E-state index < -0.39 is 47.5 Å². The van der Waals surface area contributed by atoms with Crippen LogP contribution in [0, 0.1) is 0 Å². The van der Waals surface area contributed by atoms with Gasteiger partial charge in [0.25, 0.3) is 0 Å². The lowest BCUT2D eigenvalue weighted by molar-refractivity contribution is -0.143. The molecule has 15 heteroatoms. The second-order valence-electron chi connectivity index (χ2n) is 9.12.